The summed E-state index contributed by atoms with van der Waals surface area (Å²) in [5.41, 5.74) is 0. The Labute approximate surface area is 120 Å². The summed E-state index contributed by atoms with van der Waals surface area (Å²) in [6.45, 7) is 7.65. The van der Waals surface area contributed by atoms with Gasteiger partial charge in [-0.15, -0.1) is 0 Å². The van der Waals surface area contributed by atoms with Crippen LogP contribution in [-0.4, -0.2) is 50.8 Å². The largest absolute Gasteiger partial charge is 0.385 e. The highest BCUT2D eigenvalue weighted by molar-refractivity contribution is 4.90. The first-order chi connectivity index (χ1) is 9.22. The first kappa shape index (κ1) is 16.9. The number of hydrogen-bond acceptors (Lipinski definition) is 3. The average molecular weight is 270 g/mol. The van der Waals surface area contributed by atoms with E-state index in [-0.39, 0.29) is 0 Å². The number of ether oxygens (including phenoxy) is 1. The van der Waals surface area contributed by atoms with Crippen LogP contribution < -0.4 is 5.32 Å². The van der Waals surface area contributed by atoms with E-state index < -0.39 is 0 Å². The molecule has 3 atom stereocenters. The molecule has 0 aromatic carbocycles. The van der Waals surface area contributed by atoms with Crippen molar-refractivity contribution in [1.29, 1.82) is 0 Å². The van der Waals surface area contributed by atoms with Gasteiger partial charge in [-0.05, 0) is 45.2 Å². The van der Waals surface area contributed by atoms with Gasteiger partial charge in [0.25, 0.3) is 0 Å². The first-order valence-corrected chi connectivity index (χ1v) is 8.15. The third kappa shape index (κ3) is 5.80. The molecule has 0 bridgehead atoms. The second-order valence-electron chi connectivity index (χ2n) is 6.03. The predicted octanol–water partition coefficient (Wildman–Crippen LogP) is 2.90. The van der Waals surface area contributed by atoms with Crippen LogP contribution in [0.25, 0.3) is 0 Å². The van der Waals surface area contributed by atoms with Crippen LogP contribution in [-0.2, 0) is 4.74 Å². The van der Waals surface area contributed by atoms with Crippen LogP contribution >= 0.6 is 0 Å². The highest BCUT2D eigenvalue weighted by Gasteiger charge is 2.31. The van der Waals surface area contributed by atoms with Crippen molar-refractivity contribution >= 4 is 0 Å². The van der Waals surface area contributed by atoms with Gasteiger partial charge >= 0.3 is 0 Å². The summed E-state index contributed by atoms with van der Waals surface area (Å²) in [5.74, 6) is 0.940. The Hall–Kier alpha value is -0.120. The van der Waals surface area contributed by atoms with E-state index in [1.807, 2.05) is 0 Å². The highest BCUT2D eigenvalue weighted by atomic mass is 16.5. The predicted molar refractivity (Wildman–Crippen MR) is 82.6 cm³/mol. The number of likely N-dealkylation sites (N-methyl/N-ethyl adjacent to an activating group) is 2. The number of nitrogens with one attached hydrogen (secondary N) is 1. The summed E-state index contributed by atoms with van der Waals surface area (Å²) >= 11 is 0. The summed E-state index contributed by atoms with van der Waals surface area (Å²) in [5, 5.41) is 3.70. The molecule has 3 nitrogen and oxygen atoms in total. The lowest BCUT2D eigenvalue weighted by Gasteiger charge is -2.41. The fraction of sp³-hybridized carbons (Fsp3) is 1.00. The topological polar surface area (TPSA) is 24.5 Å². The van der Waals surface area contributed by atoms with E-state index in [1.54, 1.807) is 7.11 Å². The fourth-order valence-electron chi connectivity index (χ4n) is 3.51. The second kappa shape index (κ2) is 9.73. The van der Waals surface area contributed by atoms with E-state index in [4.69, 9.17) is 4.74 Å². The number of rotatable bonds is 9. The Morgan fingerprint density at radius 1 is 1.26 bits per heavy atom. The molecule has 3 heteroatoms. The molecule has 19 heavy (non-hydrogen) atoms. The maximum absolute atomic E-state index is 5.17. The Morgan fingerprint density at radius 3 is 2.68 bits per heavy atom. The van der Waals surface area contributed by atoms with Crippen LogP contribution in [0.5, 0.6) is 0 Å². The minimum atomic E-state index is 0.686. The van der Waals surface area contributed by atoms with E-state index in [2.05, 4.69) is 31.1 Å². The maximum atomic E-state index is 5.17. The van der Waals surface area contributed by atoms with Crippen molar-refractivity contribution in [3.63, 3.8) is 0 Å². The van der Waals surface area contributed by atoms with E-state index >= 15 is 0 Å². The van der Waals surface area contributed by atoms with Gasteiger partial charge in [0, 0.05) is 32.3 Å². The lowest BCUT2D eigenvalue weighted by molar-refractivity contribution is 0.104. The molecule has 114 valence electrons. The third-order valence-electron chi connectivity index (χ3n) is 4.51. The Morgan fingerprint density at radius 2 is 2.05 bits per heavy atom. The van der Waals surface area contributed by atoms with Gasteiger partial charge in [0.15, 0.2) is 0 Å². The zero-order chi connectivity index (χ0) is 14.1. The monoisotopic (exact) mass is 270 g/mol. The molecule has 3 unspecified atom stereocenters. The number of methoxy groups -OCH3 is 1. The van der Waals surface area contributed by atoms with Gasteiger partial charge in [-0.25, -0.2) is 0 Å². The van der Waals surface area contributed by atoms with Crippen LogP contribution in [0.3, 0.4) is 0 Å². The zero-order valence-corrected chi connectivity index (χ0v) is 13.5. The van der Waals surface area contributed by atoms with Gasteiger partial charge in [0.1, 0.15) is 0 Å². The van der Waals surface area contributed by atoms with Crippen LogP contribution in [0, 0.1) is 5.92 Å². The van der Waals surface area contributed by atoms with E-state index in [0.29, 0.717) is 12.1 Å². The van der Waals surface area contributed by atoms with Crippen molar-refractivity contribution in [3.8, 4) is 0 Å². The van der Waals surface area contributed by atoms with E-state index in [1.165, 1.54) is 32.1 Å². The SMILES string of the molecule is CCCC1CCC(NCC)C(N(C)CCCOC)C1. The summed E-state index contributed by atoms with van der Waals surface area (Å²) in [4.78, 5) is 2.56. The maximum Gasteiger partial charge on any atom is 0.0474 e. The first-order valence-electron chi connectivity index (χ1n) is 8.15. The molecule has 0 aliphatic heterocycles. The summed E-state index contributed by atoms with van der Waals surface area (Å²) in [6.07, 6.45) is 8.00. The van der Waals surface area contributed by atoms with Crippen molar-refractivity contribution in [2.75, 3.05) is 33.9 Å². The van der Waals surface area contributed by atoms with E-state index in [0.717, 1.165) is 32.0 Å². The standard InChI is InChI=1S/C16H34N2O/c1-5-8-14-9-10-15(17-6-2)16(13-14)18(3)11-7-12-19-4/h14-17H,5-13H2,1-4H3. The third-order valence-corrected chi connectivity index (χ3v) is 4.51. The zero-order valence-electron chi connectivity index (χ0n) is 13.5. The Balaban J connectivity index is 2.49. The smallest absolute Gasteiger partial charge is 0.0474 e. The van der Waals surface area contributed by atoms with Crippen molar-refractivity contribution < 1.29 is 4.74 Å². The minimum absolute atomic E-state index is 0.686. The Bertz CT molecular complexity index is 223. The average Bonchev–Trinajstić information content (AvgIpc) is 2.41. The summed E-state index contributed by atoms with van der Waals surface area (Å²) < 4.78 is 5.17. The van der Waals surface area contributed by atoms with Gasteiger partial charge in [0.2, 0.25) is 0 Å². The lowest BCUT2D eigenvalue weighted by Crippen LogP contribution is -2.52. The van der Waals surface area contributed by atoms with Crippen LogP contribution in [0.2, 0.25) is 0 Å². The Kier molecular flexibility index (Phi) is 8.67. The molecule has 0 spiro atoms. The minimum Gasteiger partial charge on any atom is -0.385 e. The van der Waals surface area contributed by atoms with Crippen molar-refractivity contribution in [2.45, 2.75) is 64.5 Å². The molecule has 0 aromatic rings. The summed E-state index contributed by atoms with van der Waals surface area (Å²) in [7, 11) is 4.08. The van der Waals surface area contributed by atoms with Gasteiger partial charge in [-0.2, -0.15) is 0 Å². The molecular weight excluding hydrogens is 236 g/mol. The highest BCUT2D eigenvalue weighted by Crippen LogP contribution is 2.30. The molecule has 0 amide bonds. The molecule has 1 N–H and O–H groups in total. The lowest BCUT2D eigenvalue weighted by atomic mass is 9.79. The van der Waals surface area contributed by atoms with E-state index in [9.17, 15) is 0 Å². The molecule has 0 radical (unpaired) electrons. The van der Waals surface area contributed by atoms with Crippen LogP contribution in [0.4, 0.5) is 0 Å². The van der Waals surface area contributed by atoms with Gasteiger partial charge in [0.05, 0.1) is 0 Å². The molecule has 1 aliphatic rings. The van der Waals surface area contributed by atoms with Crippen molar-refractivity contribution in [3.05, 3.63) is 0 Å². The van der Waals surface area contributed by atoms with Gasteiger partial charge < -0.3 is 15.0 Å². The quantitative estimate of drug-likeness (QED) is 0.652. The second-order valence-corrected chi connectivity index (χ2v) is 6.03. The molecule has 1 saturated carbocycles. The number of nitrogens with zero attached hydrogens (tertiary/aromatic N) is 1. The molecule has 0 aromatic heterocycles. The van der Waals surface area contributed by atoms with Gasteiger partial charge in [-0.3, -0.25) is 0 Å². The normalized spacial score (nSPS) is 27.9. The molecule has 1 fully saturated rings. The summed E-state index contributed by atoms with van der Waals surface area (Å²) in [6, 6.07) is 1.40. The fourth-order valence-corrected chi connectivity index (χ4v) is 3.51. The molecule has 0 saturated heterocycles. The van der Waals surface area contributed by atoms with Crippen LogP contribution in [0.15, 0.2) is 0 Å². The molecular formula is C16H34N2O. The molecule has 1 rings (SSSR count). The molecule has 1 aliphatic carbocycles. The van der Waals surface area contributed by atoms with Gasteiger partial charge in [-0.1, -0.05) is 26.7 Å². The van der Waals surface area contributed by atoms with Crippen LogP contribution in [0.1, 0.15) is 52.4 Å². The number of hydrogen-bond donors (Lipinski definition) is 1. The van der Waals surface area contributed by atoms with Crippen molar-refractivity contribution in [2.24, 2.45) is 5.92 Å². The van der Waals surface area contributed by atoms with Crippen molar-refractivity contribution in [1.82, 2.24) is 10.2 Å². The molecule has 0 heterocycles.